The Morgan fingerprint density at radius 3 is 2.29 bits per heavy atom. The molecule has 1 unspecified atom stereocenters. The average Bonchev–Trinajstić information content (AvgIpc) is 3.42. The summed E-state index contributed by atoms with van der Waals surface area (Å²) in [7, 11) is 1.28. The van der Waals surface area contributed by atoms with E-state index < -0.39 is 24.1 Å². The van der Waals surface area contributed by atoms with Gasteiger partial charge in [-0.1, -0.05) is 26.8 Å². The zero-order chi connectivity index (χ0) is 30.4. The highest BCUT2D eigenvalue weighted by atomic mass is 32.1. The molecule has 3 aliphatic rings. The summed E-state index contributed by atoms with van der Waals surface area (Å²) in [5, 5.41) is 12.8. The minimum Gasteiger partial charge on any atom is -0.477 e. The molecule has 2 amide bonds. The molecule has 1 aromatic heterocycles. The Hall–Kier alpha value is -2.88. The number of aromatic carboxylic acids is 1. The minimum atomic E-state index is -1.01. The van der Waals surface area contributed by atoms with E-state index in [0.717, 1.165) is 56.2 Å². The van der Waals surface area contributed by atoms with Crippen molar-refractivity contribution in [3.63, 3.8) is 0 Å². The second kappa shape index (κ2) is 14.5. The summed E-state index contributed by atoms with van der Waals surface area (Å²) in [6.07, 6.45) is 11.2. The SMILES string of the molecule is COC(=O)C(NC(=O)O[C@H]1CC[C@H](N(c2cc(C3=CCCCC3)sc2C(=O)O)C(=O)[C@H]2CC[C@H](C)CC2)CC1)C(C)C. The van der Waals surface area contributed by atoms with Gasteiger partial charge in [0.15, 0.2) is 0 Å². The molecule has 0 aromatic carbocycles. The first kappa shape index (κ1) is 32.0. The van der Waals surface area contributed by atoms with Gasteiger partial charge in [0.25, 0.3) is 0 Å². The molecular formula is C32H46N2O7S. The van der Waals surface area contributed by atoms with Crippen LogP contribution in [0.3, 0.4) is 0 Å². The molecule has 1 heterocycles. The van der Waals surface area contributed by atoms with Crippen LogP contribution in [0, 0.1) is 17.8 Å². The second-order valence-electron chi connectivity index (χ2n) is 12.5. The molecular weight excluding hydrogens is 556 g/mol. The van der Waals surface area contributed by atoms with Crippen molar-refractivity contribution in [3.8, 4) is 0 Å². The van der Waals surface area contributed by atoms with Crippen molar-refractivity contribution < 1.29 is 33.8 Å². The van der Waals surface area contributed by atoms with E-state index in [0.29, 0.717) is 37.3 Å². The van der Waals surface area contributed by atoms with Crippen LogP contribution in [0.2, 0.25) is 0 Å². The monoisotopic (exact) mass is 602 g/mol. The van der Waals surface area contributed by atoms with Gasteiger partial charge in [0.1, 0.15) is 17.0 Å². The average molecular weight is 603 g/mol. The Balaban J connectivity index is 1.53. The Kier molecular flexibility index (Phi) is 11.1. The predicted molar refractivity (Wildman–Crippen MR) is 163 cm³/mol. The summed E-state index contributed by atoms with van der Waals surface area (Å²) in [6.45, 7) is 5.85. The first-order valence-corrected chi connectivity index (χ1v) is 16.3. The summed E-state index contributed by atoms with van der Waals surface area (Å²) in [6, 6.07) is 0.953. The molecule has 1 atom stereocenters. The number of esters is 1. The van der Waals surface area contributed by atoms with E-state index in [2.05, 4.69) is 18.3 Å². The van der Waals surface area contributed by atoms with Crippen LogP contribution in [0.15, 0.2) is 12.1 Å². The lowest BCUT2D eigenvalue weighted by atomic mass is 9.81. The van der Waals surface area contributed by atoms with E-state index in [-0.39, 0.29) is 34.8 Å². The third-order valence-electron chi connectivity index (χ3n) is 9.05. The van der Waals surface area contributed by atoms with Crippen LogP contribution in [-0.4, -0.2) is 54.3 Å². The lowest BCUT2D eigenvalue weighted by molar-refractivity contribution is -0.144. The number of alkyl carbamates (subject to hydrolysis) is 1. The van der Waals surface area contributed by atoms with E-state index in [4.69, 9.17) is 9.47 Å². The van der Waals surface area contributed by atoms with E-state index in [1.54, 1.807) is 4.90 Å². The second-order valence-corrected chi connectivity index (χ2v) is 13.5. The lowest BCUT2D eigenvalue weighted by Crippen LogP contribution is -2.48. The first-order chi connectivity index (χ1) is 20.1. The lowest BCUT2D eigenvalue weighted by Gasteiger charge is -2.39. The summed E-state index contributed by atoms with van der Waals surface area (Å²) in [5.74, 6) is -1.20. The number of thiophene rings is 1. The van der Waals surface area contributed by atoms with Crippen molar-refractivity contribution in [1.29, 1.82) is 0 Å². The van der Waals surface area contributed by atoms with Crippen LogP contribution < -0.4 is 10.2 Å². The fraction of sp³-hybridized carbons (Fsp3) is 0.688. The van der Waals surface area contributed by atoms with Crippen molar-refractivity contribution in [3.05, 3.63) is 21.9 Å². The van der Waals surface area contributed by atoms with E-state index >= 15 is 0 Å². The molecule has 0 spiro atoms. The fourth-order valence-electron chi connectivity index (χ4n) is 6.49. The molecule has 4 rings (SSSR count). The normalized spacial score (nSPS) is 25.2. The maximum Gasteiger partial charge on any atom is 0.408 e. The van der Waals surface area contributed by atoms with E-state index in [1.807, 2.05) is 19.9 Å². The summed E-state index contributed by atoms with van der Waals surface area (Å²) in [5.41, 5.74) is 1.69. The molecule has 1 aromatic rings. The number of anilines is 1. The number of amides is 2. The molecule has 0 saturated heterocycles. The molecule has 42 heavy (non-hydrogen) atoms. The largest absolute Gasteiger partial charge is 0.477 e. The number of carbonyl (C=O) groups is 4. The highest BCUT2D eigenvalue weighted by Crippen LogP contribution is 2.42. The van der Waals surface area contributed by atoms with Crippen LogP contribution in [0.5, 0.6) is 0 Å². The molecule has 2 fully saturated rings. The number of methoxy groups -OCH3 is 1. The maximum absolute atomic E-state index is 14.2. The smallest absolute Gasteiger partial charge is 0.408 e. The quantitative estimate of drug-likeness (QED) is 0.298. The zero-order valence-electron chi connectivity index (χ0n) is 25.4. The van der Waals surface area contributed by atoms with Crippen molar-refractivity contribution in [2.24, 2.45) is 17.8 Å². The summed E-state index contributed by atoms with van der Waals surface area (Å²) in [4.78, 5) is 54.3. The molecule has 232 valence electrons. The van der Waals surface area contributed by atoms with Gasteiger partial charge in [0.05, 0.1) is 12.8 Å². The number of ether oxygens (including phenoxy) is 2. The number of allylic oxidation sites excluding steroid dienone is 2. The van der Waals surface area contributed by atoms with E-state index in [9.17, 15) is 24.3 Å². The third kappa shape index (κ3) is 7.74. The van der Waals surface area contributed by atoms with Gasteiger partial charge < -0.3 is 24.8 Å². The van der Waals surface area contributed by atoms with Gasteiger partial charge in [-0.3, -0.25) is 4.79 Å². The van der Waals surface area contributed by atoms with Gasteiger partial charge >= 0.3 is 18.0 Å². The standard InChI is InChI=1S/C32H46N2O7S/c1-19(2)27(31(38)40-4)33-32(39)41-24-16-14-23(15-17-24)34(29(35)22-12-10-20(3)11-13-22)25-18-26(42-28(25)30(36)37)21-8-6-5-7-9-21/h8,18-20,22-24,27H,5-7,9-17H2,1-4H3,(H,33,39)(H,36,37)/t20-,22-,23-,24-,27?. The molecule has 0 bridgehead atoms. The van der Waals surface area contributed by atoms with Crippen molar-refractivity contribution in [2.45, 2.75) is 116 Å². The van der Waals surface area contributed by atoms with Gasteiger partial charge in [-0.25, -0.2) is 14.4 Å². The number of nitrogens with one attached hydrogen (secondary N) is 1. The number of carboxylic acid groups (broad SMARTS) is 1. The number of nitrogens with zero attached hydrogens (tertiary/aromatic N) is 1. The topological polar surface area (TPSA) is 122 Å². The van der Waals surface area contributed by atoms with Gasteiger partial charge in [-0.15, -0.1) is 11.3 Å². The highest BCUT2D eigenvalue weighted by Gasteiger charge is 2.38. The maximum atomic E-state index is 14.2. The van der Waals surface area contributed by atoms with Crippen molar-refractivity contribution in [2.75, 3.05) is 12.0 Å². The molecule has 10 heteroatoms. The van der Waals surface area contributed by atoms with Crippen LogP contribution in [0.4, 0.5) is 10.5 Å². The van der Waals surface area contributed by atoms with Crippen molar-refractivity contribution in [1.82, 2.24) is 5.32 Å². The zero-order valence-corrected chi connectivity index (χ0v) is 26.2. The van der Waals surface area contributed by atoms with E-state index in [1.165, 1.54) is 24.0 Å². The third-order valence-corrected chi connectivity index (χ3v) is 10.2. The minimum absolute atomic E-state index is 0.0198. The molecule has 2 N–H and O–H groups in total. The van der Waals surface area contributed by atoms with Crippen molar-refractivity contribution >= 4 is 46.5 Å². The Morgan fingerprint density at radius 1 is 1.02 bits per heavy atom. The number of hydrogen-bond donors (Lipinski definition) is 2. The van der Waals surface area contributed by atoms with Crippen LogP contribution >= 0.6 is 11.3 Å². The number of carbonyl (C=O) groups excluding carboxylic acids is 3. The van der Waals surface area contributed by atoms with Gasteiger partial charge in [-0.2, -0.15) is 0 Å². The Bertz CT molecular complexity index is 1160. The predicted octanol–water partition coefficient (Wildman–Crippen LogP) is 6.80. The first-order valence-electron chi connectivity index (χ1n) is 15.5. The van der Waals surface area contributed by atoms with Gasteiger partial charge in [0.2, 0.25) is 5.91 Å². The number of rotatable bonds is 9. The number of hydrogen-bond acceptors (Lipinski definition) is 7. The molecule has 9 nitrogen and oxygen atoms in total. The molecule has 0 radical (unpaired) electrons. The molecule has 3 aliphatic carbocycles. The summed E-state index contributed by atoms with van der Waals surface area (Å²) < 4.78 is 10.5. The molecule has 0 aliphatic heterocycles. The highest BCUT2D eigenvalue weighted by molar-refractivity contribution is 7.15. The van der Waals surface area contributed by atoms with Crippen LogP contribution in [0.1, 0.15) is 112 Å². The van der Waals surface area contributed by atoms with Gasteiger partial charge in [0, 0.05) is 16.8 Å². The Labute approximate surface area is 253 Å². The molecule has 2 saturated carbocycles. The Morgan fingerprint density at radius 2 is 1.71 bits per heavy atom. The number of carboxylic acids is 1. The van der Waals surface area contributed by atoms with Gasteiger partial charge in [-0.05, 0) is 101 Å². The van der Waals surface area contributed by atoms with Crippen LogP contribution in [0.25, 0.3) is 5.57 Å². The fourth-order valence-corrected chi connectivity index (χ4v) is 7.55. The van der Waals surface area contributed by atoms with Crippen LogP contribution in [-0.2, 0) is 19.1 Å². The summed E-state index contributed by atoms with van der Waals surface area (Å²) >= 11 is 1.27.